The van der Waals surface area contributed by atoms with Gasteiger partial charge in [-0.1, -0.05) is 31.3 Å². The van der Waals surface area contributed by atoms with Crippen molar-refractivity contribution in [1.29, 1.82) is 0 Å². The quantitative estimate of drug-likeness (QED) is 0.421. The third-order valence-electron chi connectivity index (χ3n) is 4.31. The van der Waals surface area contributed by atoms with Gasteiger partial charge in [0.05, 0.1) is 5.56 Å². The van der Waals surface area contributed by atoms with Crippen LogP contribution in [-0.2, 0) is 0 Å². The minimum Gasteiger partial charge on any atom is -0.361 e. The Hall–Kier alpha value is -2.13. The highest BCUT2D eigenvalue weighted by atomic mass is 28.3. The van der Waals surface area contributed by atoms with E-state index in [2.05, 4.69) is 47.3 Å². The Morgan fingerprint density at radius 2 is 1.90 bits per heavy atom. The molecule has 0 amide bonds. The molecule has 0 unspecified atom stereocenters. The lowest BCUT2D eigenvalue weighted by Crippen LogP contribution is -2.29. The summed E-state index contributed by atoms with van der Waals surface area (Å²) in [6.07, 6.45) is 7.26. The minimum absolute atomic E-state index is 0.649. The predicted molar refractivity (Wildman–Crippen MR) is 83.5 cm³/mol. The van der Waals surface area contributed by atoms with Crippen LogP contribution < -0.4 is 9.73 Å². The molecule has 3 rings (SSSR count). The van der Waals surface area contributed by atoms with Gasteiger partial charge in [0.15, 0.2) is 5.65 Å². The molecule has 0 saturated heterocycles. The van der Waals surface area contributed by atoms with Crippen molar-refractivity contribution in [3.8, 4) is 11.5 Å². The third kappa shape index (κ3) is 2.34. The van der Waals surface area contributed by atoms with E-state index in [0.717, 1.165) is 11.2 Å². The maximum Gasteiger partial charge on any atom is 0.219 e. The standard InChI is InChI=1S/C15H19N5Si/c1-4-21(5-2,6-3)10-7-13-11-19-15-14(16-8-9-17-15)18-20(19)12-13/h8-9,11-12H,4-6H2,1-3H3. The molecule has 0 N–H and O–H groups in total. The van der Waals surface area contributed by atoms with E-state index in [1.54, 1.807) is 17.0 Å². The SMILES string of the molecule is CC[Si](C#Cc1cn2c3nccnc3[n-][n+]2c1)(CC)CC. The van der Waals surface area contributed by atoms with Crippen molar-refractivity contribution in [2.45, 2.75) is 38.9 Å². The second-order valence-corrected chi connectivity index (χ2v) is 10.2. The first-order chi connectivity index (χ1) is 10.2. The van der Waals surface area contributed by atoms with E-state index in [-0.39, 0.29) is 0 Å². The average Bonchev–Trinajstić information content (AvgIpc) is 3.06. The first kappa shape index (κ1) is 13.8. The summed E-state index contributed by atoms with van der Waals surface area (Å²) in [6, 6.07) is 3.64. The molecule has 3 aromatic heterocycles. The normalized spacial score (nSPS) is 11.8. The van der Waals surface area contributed by atoms with E-state index in [9.17, 15) is 0 Å². The number of rotatable bonds is 3. The van der Waals surface area contributed by atoms with Crippen molar-refractivity contribution < 1.29 is 4.63 Å². The molecule has 5 nitrogen and oxygen atoms in total. The molecular formula is C15H19N5Si. The maximum atomic E-state index is 4.39. The van der Waals surface area contributed by atoms with E-state index in [0.29, 0.717) is 5.65 Å². The maximum absolute atomic E-state index is 4.39. The summed E-state index contributed by atoms with van der Waals surface area (Å²) in [5, 5.41) is 4.39. The minimum atomic E-state index is -1.41. The summed E-state index contributed by atoms with van der Waals surface area (Å²) in [7, 11) is -1.41. The van der Waals surface area contributed by atoms with E-state index in [1.165, 1.54) is 18.1 Å². The number of hydrogen-bond donors (Lipinski definition) is 0. The molecule has 0 saturated carbocycles. The van der Waals surface area contributed by atoms with Crippen LogP contribution in [0.1, 0.15) is 26.3 Å². The third-order valence-corrected chi connectivity index (χ3v) is 9.03. The van der Waals surface area contributed by atoms with Crippen LogP contribution in [0.15, 0.2) is 24.8 Å². The highest BCUT2D eigenvalue weighted by molar-refractivity contribution is 6.87. The zero-order valence-electron chi connectivity index (χ0n) is 12.7. The van der Waals surface area contributed by atoms with Gasteiger partial charge in [0.25, 0.3) is 0 Å². The molecule has 0 aliphatic heterocycles. The smallest absolute Gasteiger partial charge is 0.219 e. The number of hydrogen-bond acceptors (Lipinski definition) is 2. The summed E-state index contributed by atoms with van der Waals surface area (Å²) in [4.78, 5) is 8.52. The Kier molecular flexibility index (Phi) is 3.51. The molecule has 0 atom stereocenters. The molecule has 0 fully saturated rings. The van der Waals surface area contributed by atoms with Gasteiger partial charge in [-0.15, -0.1) is 10.6 Å². The second-order valence-electron chi connectivity index (χ2n) is 5.27. The van der Waals surface area contributed by atoms with E-state index < -0.39 is 8.07 Å². The van der Waals surface area contributed by atoms with Crippen molar-refractivity contribution in [3.05, 3.63) is 30.4 Å². The zero-order chi connectivity index (χ0) is 14.9. The lowest BCUT2D eigenvalue weighted by Gasteiger charge is -2.19. The van der Waals surface area contributed by atoms with E-state index in [1.807, 2.05) is 16.9 Å². The lowest BCUT2D eigenvalue weighted by atomic mass is 10.4. The molecule has 21 heavy (non-hydrogen) atoms. The summed E-state index contributed by atoms with van der Waals surface area (Å²) < 4.78 is 3.64. The Morgan fingerprint density at radius 1 is 1.19 bits per heavy atom. The molecule has 3 heterocycles. The van der Waals surface area contributed by atoms with Crippen LogP contribution in [0.2, 0.25) is 18.1 Å². The molecule has 3 aromatic rings. The first-order valence-corrected chi connectivity index (χ1v) is 10.0. The Labute approximate surface area is 125 Å². The van der Waals surface area contributed by atoms with E-state index in [4.69, 9.17) is 0 Å². The summed E-state index contributed by atoms with van der Waals surface area (Å²) in [5.41, 5.74) is 5.99. The average molecular weight is 297 g/mol. The lowest BCUT2D eigenvalue weighted by molar-refractivity contribution is -0.674. The molecule has 0 bridgehead atoms. The number of aromatic nitrogens is 5. The molecule has 0 radical (unpaired) electrons. The van der Waals surface area contributed by atoms with Gasteiger partial charge in [-0.3, -0.25) is 0 Å². The largest absolute Gasteiger partial charge is 0.361 e. The van der Waals surface area contributed by atoms with Crippen LogP contribution >= 0.6 is 0 Å². The summed E-state index contributed by atoms with van der Waals surface area (Å²) >= 11 is 0. The van der Waals surface area contributed by atoms with Gasteiger partial charge in [-0.2, -0.15) is 4.52 Å². The van der Waals surface area contributed by atoms with Crippen molar-refractivity contribution in [2.75, 3.05) is 0 Å². The van der Waals surface area contributed by atoms with Crippen molar-refractivity contribution in [1.82, 2.24) is 19.6 Å². The molecule has 0 aromatic carbocycles. The van der Waals surface area contributed by atoms with Gasteiger partial charge in [0.1, 0.15) is 13.7 Å². The van der Waals surface area contributed by atoms with Gasteiger partial charge in [0, 0.05) is 12.4 Å². The molecular weight excluding hydrogens is 278 g/mol. The Bertz CT molecular complexity index is 824. The Morgan fingerprint density at radius 3 is 2.62 bits per heavy atom. The molecule has 0 aliphatic carbocycles. The van der Waals surface area contributed by atoms with Gasteiger partial charge < -0.3 is 4.98 Å². The fourth-order valence-electron chi connectivity index (χ4n) is 2.58. The van der Waals surface area contributed by atoms with Crippen molar-refractivity contribution >= 4 is 19.4 Å². The van der Waals surface area contributed by atoms with Crippen LogP contribution in [0.3, 0.4) is 0 Å². The topological polar surface area (TPSA) is 48.4 Å². The molecule has 0 spiro atoms. The van der Waals surface area contributed by atoms with Gasteiger partial charge >= 0.3 is 0 Å². The highest BCUT2D eigenvalue weighted by Crippen LogP contribution is 2.18. The number of fused-ring (bicyclic) bond motifs is 3. The highest BCUT2D eigenvalue weighted by Gasteiger charge is 2.24. The van der Waals surface area contributed by atoms with Crippen molar-refractivity contribution in [3.63, 3.8) is 0 Å². The summed E-state index contributed by atoms with van der Waals surface area (Å²) in [6.45, 7) is 6.80. The fraction of sp³-hybridized carbons (Fsp3) is 0.400. The van der Waals surface area contributed by atoms with Crippen LogP contribution in [0.4, 0.5) is 0 Å². The Balaban J connectivity index is 2.03. The second kappa shape index (κ2) is 5.33. The van der Waals surface area contributed by atoms with Crippen LogP contribution in [0, 0.1) is 11.5 Å². The number of nitrogens with zero attached hydrogens (tertiary/aromatic N) is 5. The predicted octanol–water partition coefficient (Wildman–Crippen LogP) is 1.82. The monoisotopic (exact) mass is 297 g/mol. The van der Waals surface area contributed by atoms with Crippen LogP contribution in [0.5, 0.6) is 0 Å². The molecule has 6 heteroatoms. The molecule has 0 aliphatic rings. The molecule has 108 valence electrons. The zero-order valence-corrected chi connectivity index (χ0v) is 13.7. The van der Waals surface area contributed by atoms with E-state index >= 15 is 0 Å². The first-order valence-electron chi connectivity index (χ1n) is 7.42. The summed E-state index contributed by atoms with van der Waals surface area (Å²) in [5.74, 6) is 3.36. The van der Waals surface area contributed by atoms with Gasteiger partial charge in [-0.25, -0.2) is 4.98 Å². The van der Waals surface area contributed by atoms with Crippen molar-refractivity contribution in [2.24, 2.45) is 0 Å². The van der Waals surface area contributed by atoms with Crippen LogP contribution in [-0.4, -0.2) is 22.6 Å². The van der Waals surface area contributed by atoms with Crippen LogP contribution in [0.25, 0.3) is 11.3 Å². The van der Waals surface area contributed by atoms with Gasteiger partial charge in [-0.05, 0) is 24.3 Å². The van der Waals surface area contributed by atoms with Gasteiger partial charge in [0.2, 0.25) is 6.20 Å². The fourth-order valence-corrected chi connectivity index (χ4v) is 5.02.